The van der Waals surface area contributed by atoms with E-state index in [2.05, 4.69) is 11.9 Å². The van der Waals surface area contributed by atoms with Crippen LogP contribution in [0.2, 0.25) is 0 Å². The first-order valence-corrected chi connectivity index (χ1v) is 5.99. The van der Waals surface area contributed by atoms with Gasteiger partial charge in [0, 0.05) is 11.6 Å². The van der Waals surface area contributed by atoms with Crippen molar-refractivity contribution in [2.75, 3.05) is 13.2 Å². The Morgan fingerprint density at radius 2 is 2.29 bits per heavy atom. The fourth-order valence-corrected chi connectivity index (χ4v) is 2.55. The molecule has 0 aliphatic heterocycles. The lowest BCUT2D eigenvalue weighted by atomic mass is 9.99. The van der Waals surface area contributed by atoms with Gasteiger partial charge in [-0.05, 0) is 31.6 Å². The highest BCUT2D eigenvalue weighted by atomic mass is 16.5. The number of hydrogen-bond donors (Lipinski definition) is 1. The molecule has 0 aromatic heterocycles. The molecule has 92 valence electrons. The molecule has 0 radical (unpaired) electrons. The largest absolute Gasteiger partial charge is 0.461 e. The number of carbonyl (C=O) groups excluding carboxylic acids is 2. The van der Waals surface area contributed by atoms with E-state index >= 15 is 0 Å². The summed E-state index contributed by atoms with van der Waals surface area (Å²) in [6.45, 7) is 3.85. The van der Waals surface area contributed by atoms with Gasteiger partial charge in [-0.1, -0.05) is 12.2 Å². The molecular weight excluding hydrogens is 218 g/mol. The highest BCUT2D eigenvalue weighted by Crippen LogP contribution is 2.43. The van der Waals surface area contributed by atoms with E-state index in [1.807, 2.05) is 0 Å². The molecule has 1 fully saturated rings. The Morgan fingerprint density at radius 1 is 1.47 bits per heavy atom. The SMILES string of the molecule is C=CC(=O)OCCNC(=O)C1=C2CCC(C2)C1. The Kier molecular flexibility index (Phi) is 3.61. The van der Waals surface area contributed by atoms with E-state index in [0.29, 0.717) is 12.5 Å². The standard InChI is InChI=1S/C13H17NO3/c1-2-12(15)17-6-5-14-13(16)11-8-9-3-4-10(11)7-9/h2,9H,1,3-8H2,(H,14,16). The van der Waals surface area contributed by atoms with Gasteiger partial charge >= 0.3 is 5.97 Å². The number of esters is 1. The molecule has 1 atom stereocenters. The molecule has 0 aromatic carbocycles. The number of carbonyl (C=O) groups is 2. The van der Waals surface area contributed by atoms with Gasteiger partial charge in [-0.25, -0.2) is 4.79 Å². The number of nitrogens with one attached hydrogen (secondary N) is 1. The van der Waals surface area contributed by atoms with Gasteiger partial charge in [-0.2, -0.15) is 0 Å². The van der Waals surface area contributed by atoms with Crippen LogP contribution >= 0.6 is 0 Å². The van der Waals surface area contributed by atoms with Crippen LogP contribution in [0.4, 0.5) is 0 Å². The third-order valence-electron chi connectivity index (χ3n) is 3.38. The minimum atomic E-state index is -0.457. The number of allylic oxidation sites excluding steroid dienone is 1. The maximum atomic E-state index is 11.8. The van der Waals surface area contributed by atoms with Gasteiger partial charge in [0.1, 0.15) is 6.61 Å². The summed E-state index contributed by atoms with van der Waals surface area (Å²) in [4.78, 5) is 22.6. The van der Waals surface area contributed by atoms with Gasteiger partial charge in [0.2, 0.25) is 5.91 Å². The molecule has 0 spiro atoms. The number of fused-ring (bicyclic) bond motifs is 2. The molecule has 4 heteroatoms. The van der Waals surface area contributed by atoms with Crippen molar-refractivity contribution in [2.45, 2.75) is 25.7 Å². The van der Waals surface area contributed by atoms with E-state index in [0.717, 1.165) is 30.9 Å². The lowest BCUT2D eigenvalue weighted by Crippen LogP contribution is -2.29. The molecule has 2 bridgehead atoms. The number of rotatable bonds is 5. The minimum absolute atomic E-state index is 0.0110. The first-order chi connectivity index (χ1) is 8.20. The normalized spacial score (nSPS) is 21.5. The molecule has 1 amide bonds. The lowest BCUT2D eigenvalue weighted by Gasteiger charge is -2.12. The highest BCUT2D eigenvalue weighted by molar-refractivity contribution is 5.95. The highest BCUT2D eigenvalue weighted by Gasteiger charge is 2.32. The summed E-state index contributed by atoms with van der Waals surface area (Å²) in [5.41, 5.74) is 2.30. The summed E-state index contributed by atoms with van der Waals surface area (Å²) in [5, 5.41) is 2.78. The smallest absolute Gasteiger partial charge is 0.330 e. The summed E-state index contributed by atoms with van der Waals surface area (Å²) in [6.07, 6.45) is 5.46. The fourth-order valence-electron chi connectivity index (χ4n) is 2.55. The van der Waals surface area contributed by atoms with Crippen LogP contribution in [-0.4, -0.2) is 25.0 Å². The van der Waals surface area contributed by atoms with E-state index in [4.69, 9.17) is 4.74 Å². The predicted molar refractivity (Wildman–Crippen MR) is 63.1 cm³/mol. The third-order valence-corrected chi connectivity index (χ3v) is 3.38. The Bertz CT molecular complexity index is 384. The van der Waals surface area contributed by atoms with Crippen molar-refractivity contribution in [1.29, 1.82) is 0 Å². The Morgan fingerprint density at radius 3 is 2.88 bits per heavy atom. The molecule has 1 N–H and O–H groups in total. The molecule has 0 heterocycles. The topological polar surface area (TPSA) is 55.4 Å². The van der Waals surface area contributed by atoms with Crippen LogP contribution in [0.5, 0.6) is 0 Å². The average molecular weight is 235 g/mol. The Labute approximate surface area is 101 Å². The maximum absolute atomic E-state index is 11.8. The number of ether oxygens (including phenoxy) is 1. The molecular formula is C13H17NO3. The van der Waals surface area contributed by atoms with E-state index in [-0.39, 0.29) is 12.5 Å². The van der Waals surface area contributed by atoms with Crippen molar-refractivity contribution in [3.63, 3.8) is 0 Å². The second kappa shape index (κ2) is 5.17. The molecule has 4 nitrogen and oxygen atoms in total. The van der Waals surface area contributed by atoms with Crippen molar-refractivity contribution in [3.8, 4) is 0 Å². The van der Waals surface area contributed by atoms with Crippen LogP contribution in [0.15, 0.2) is 23.8 Å². The van der Waals surface area contributed by atoms with Gasteiger partial charge in [0.25, 0.3) is 0 Å². The van der Waals surface area contributed by atoms with Crippen molar-refractivity contribution in [2.24, 2.45) is 5.92 Å². The Hall–Kier alpha value is -1.58. The molecule has 1 saturated carbocycles. The van der Waals surface area contributed by atoms with E-state index in [1.165, 1.54) is 12.0 Å². The van der Waals surface area contributed by atoms with Crippen LogP contribution in [0.25, 0.3) is 0 Å². The lowest BCUT2D eigenvalue weighted by molar-refractivity contribution is -0.138. The quantitative estimate of drug-likeness (QED) is 0.444. The van der Waals surface area contributed by atoms with E-state index in [9.17, 15) is 9.59 Å². The molecule has 0 saturated heterocycles. The third kappa shape index (κ3) is 2.75. The molecule has 17 heavy (non-hydrogen) atoms. The van der Waals surface area contributed by atoms with Crippen molar-refractivity contribution >= 4 is 11.9 Å². The zero-order valence-electron chi connectivity index (χ0n) is 9.83. The number of amides is 1. The van der Waals surface area contributed by atoms with Gasteiger partial charge in [0.15, 0.2) is 0 Å². The van der Waals surface area contributed by atoms with Crippen LogP contribution in [0.1, 0.15) is 25.7 Å². The zero-order valence-corrected chi connectivity index (χ0v) is 9.83. The first-order valence-electron chi connectivity index (χ1n) is 5.99. The van der Waals surface area contributed by atoms with Crippen molar-refractivity contribution in [1.82, 2.24) is 5.32 Å². The second-order valence-electron chi connectivity index (χ2n) is 4.52. The first kappa shape index (κ1) is 11.9. The molecule has 2 aliphatic carbocycles. The van der Waals surface area contributed by atoms with Crippen molar-refractivity contribution in [3.05, 3.63) is 23.8 Å². The molecule has 2 aliphatic rings. The summed E-state index contributed by atoms with van der Waals surface area (Å²) in [6, 6.07) is 0. The number of hydrogen-bond acceptors (Lipinski definition) is 3. The fraction of sp³-hybridized carbons (Fsp3) is 0.538. The Balaban J connectivity index is 1.72. The van der Waals surface area contributed by atoms with Crippen LogP contribution in [0, 0.1) is 5.92 Å². The second-order valence-corrected chi connectivity index (χ2v) is 4.52. The summed E-state index contributed by atoms with van der Waals surface area (Å²) >= 11 is 0. The maximum Gasteiger partial charge on any atom is 0.330 e. The molecule has 0 aromatic rings. The minimum Gasteiger partial charge on any atom is -0.461 e. The molecule has 1 unspecified atom stereocenters. The van der Waals surface area contributed by atoms with Gasteiger partial charge in [0.05, 0.1) is 6.54 Å². The van der Waals surface area contributed by atoms with Gasteiger partial charge in [-0.3, -0.25) is 4.79 Å². The summed E-state index contributed by atoms with van der Waals surface area (Å²) < 4.78 is 4.78. The summed E-state index contributed by atoms with van der Waals surface area (Å²) in [5.74, 6) is 0.252. The van der Waals surface area contributed by atoms with E-state index < -0.39 is 5.97 Å². The van der Waals surface area contributed by atoms with Gasteiger partial charge < -0.3 is 10.1 Å². The van der Waals surface area contributed by atoms with Crippen LogP contribution < -0.4 is 5.32 Å². The summed E-state index contributed by atoms with van der Waals surface area (Å²) in [7, 11) is 0. The zero-order chi connectivity index (χ0) is 12.3. The van der Waals surface area contributed by atoms with Gasteiger partial charge in [-0.15, -0.1) is 0 Å². The monoisotopic (exact) mass is 235 g/mol. The van der Waals surface area contributed by atoms with E-state index in [1.54, 1.807) is 0 Å². The van der Waals surface area contributed by atoms with Crippen LogP contribution in [0.3, 0.4) is 0 Å². The van der Waals surface area contributed by atoms with Crippen molar-refractivity contribution < 1.29 is 14.3 Å². The molecule has 2 rings (SSSR count). The average Bonchev–Trinajstić information content (AvgIpc) is 2.96. The predicted octanol–water partition coefficient (Wildman–Crippen LogP) is 1.33. The van der Waals surface area contributed by atoms with Crippen LogP contribution in [-0.2, 0) is 14.3 Å².